The van der Waals surface area contributed by atoms with Gasteiger partial charge in [-0.3, -0.25) is 9.59 Å². The molecule has 1 spiro atoms. The number of methoxy groups -OCH3 is 1. The minimum absolute atomic E-state index is 0.0313. The fourth-order valence-corrected chi connectivity index (χ4v) is 3.67. The van der Waals surface area contributed by atoms with Crippen LogP contribution in [0.1, 0.15) is 60.8 Å². The molecule has 5 heteroatoms. The molecule has 1 unspecified atom stereocenters. The molecule has 0 bridgehead atoms. The first-order valence-electron chi connectivity index (χ1n) is 8.94. The topological polar surface area (TPSA) is 61.8 Å². The molecule has 2 aliphatic carbocycles. The van der Waals surface area contributed by atoms with Crippen molar-refractivity contribution in [2.45, 2.75) is 73.0 Å². The Kier molecular flexibility index (Phi) is 5.35. The molecule has 0 heterocycles. The number of ether oxygens (including phenoxy) is 3. The van der Waals surface area contributed by atoms with Crippen LogP contribution in [0.5, 0.6) is 0 Å². The van der Waals surface area contributed by atoms with Gasteiger partial charge in [-0.15, -0.1) is 0 Å². The zero-order valence-electron chi connectivity index (χ0n) is 16.4. The summed E-state index contributed by atoms with van der Waals surface area (Å²) in [6.45, 7) is 11.7. The highest BCUT2D eigenvalue weighted by molar-refractivity contribution is 6.48. The van der Waals surface area contributed by atoms with Crippen molar-refractivity contribution < 1.29 is 23.8 Å². The molecule has 0 radical (unpaired) electrons. The van der Waals surface area contributed by atoms with Crippen LogP contribution in [0.25, 0.3) is 0 Å². The number of hydrogen-bond acceptors (Lipinski definition) is 5. The molecule has 0 aromatic heterocycles. The zero-order chi connectivity index (χ0) is 19.0. The third-order valence-corrected chi connectivity index (χ3v) is 4.76. The summed E-state index contributed by atoms with van der Waals surface area (Å²) in [5.74, 6) is -0.621. The molecule has 0 aliphatic heterocycles. The molecule has 0 aromatic rings. The summed E-state index contributed by atoms with van der Waals surface area (Å²) in [4.78, 5) is 25.9. The highest BCUT2D eigenvalue weighted by atomic mass is 16.5. The van der Waals surface area contributed by atoms with Gasteiger partial charge in [0, 0.05) is 0 Å². The third kappa shape index (κ3) is 3.46. The number of carbonyl (C=O) groups excluding carboxylic acids is 2. The van der Waals surface area contributed by atoms with Crippen molar-refractivity contribution >= 4 is 11.6 Å². The molecule has 0 saturated heterocycles. The summed E-state index contributed by atoms with van der Waals surface area (Å²) in [5, 5.41) is 0. The van der Waals surface area contributed by atoms with Gasteiger partial charge in [0.15, 0.2) is 5.76 Å². The lowest BCUT2D eigenvalue weighted by Crippen LogP contribution is -2.41. The van der Waals surface area contributed by atoms with Crippen molar-refractivity contribution in [2.75, 3.05) is 7.11 Å². The summed E-state index contributed by atoms with van der Waals surface area (Å²) in [6.07, 6.45) is 3.21. The SMILES string of the molecule is CO/C=C1/CC(C)(C)CCC12C(=O)C(=O)C(OC(C)C)=C2OC(C)C. The summed E-state index contributed by atoms with van der Waals surface area (Å²) in [6, 6.07) is 0. The lowest BCUT2D eigenvalue weighted by atomic mass is 9.61. The van der Waals surface area contributed by atoms with Gasteiger partial charge >= 0.3 is 0 Å². The van der Waals surface area contributed by atoms with Crippen LogP contribution in [0.2, 0.25) is 0 Å². The number of rotatable bonds is 5. The minimum atomic E-state index is -1.09. The third-order valence-electron chi connectivity index (χ3n) is 4.76. The molecule has 2 rings (SSSR count). The first-order chi connectivity index (χ1) is 11.5. The van der Waals surface area contributed by atoms with Gasteiger partial charge in [0.2, 0.25) is 11.5 Å². The molecule has 2 aliphatic rings. The highest BCUT2D eigenvalue weighted by Gasteiger charge is 2.61. The maximum atomic E-state index is 13.1. The van der Waals surface area contributed by atoms with Crippen molar-refractivity contribution in [3.8, 4) is 0 Å². The fraction of sp³-hybridized carbons (Fsp3) is 0.700. The number of hydrogen-bond donors (Lipinski definition) is 0. The van der Waals surface area contributed by atoms with E-state index in [1.807, 2.05) is 27.7 Å². The zero-order valence-corrected chi connectivity index (χ0v) is 16.4. The maximum Gasteiger partial charge on any atom is 0.268 e. The van der Waals surface area contributed by atoms with Crippen molar-refractivity contribution in [1.29, 1.82) is 0 Å². The van der Waals surface area contributed by atoms with Crippen LogP contribution >= 0.6 is 0 Å². The second-order valence-corrected chi connectivity index (χ2v) is 8.27. The molecule has 1 atom stereocenters. The molecule has 25 heavy (non-hydrogen) atoms. The molecule has 1 saturated carbocycles. The van der Waals surface area contributed by atoms with E-state index in [-0.39, 0.29) is 23.4 Å². The van der Waals surface area contributed by atoms with E-state index >= 15 is 0 Å². The smallest absolute Gasteiger partial charge is 0.268 e. The molecular weight excluding hydrogens is 320 g/mol. The van der Waals surface area contributed by atoms with Gasteiger partial charge in [-0.05, 0) is 57.9 Å². The Hall–Kier alpha value is -1.78. The van der Waals surface area contributed by atoms with E-state index in [0.29, 0.717) is 18.6 Å². The highest BCUT2D eigenvalue weighted by Crippen LogP contribution is 2.57. The fourth-order valence-electron chi connectivity index (χ4n) is 3.67. The van der Waals surface area contributed by atoms with Crippen LogP contribution in [-0.2, 0) is 23.8 Å². The monoisotopic (exact) mass is 350 g/mol. The standard InChI is InChI=1S/C20H30O5/c1-12(2)24-16-15(21)17(22)20(18(16)25-13(3)4)9-8-19(5,6)10-14(20)11-23-7/h11-13H,8-10H2,1-7H3/b14-11-. The van der Waals surface area contributed by atoms with Gasteiger partial charge in [-0.25, -0.2) is 0 Å². The Balaban J connectivity index is 2.65. The average Bonchev–Trinajstić information content (AvgIpc) is 2.66. The van der Waals surface area contributed by atoms with Gasteiger partial charge < -0.3 is 14.2 Å². The predicted molar refractivity (Wildman–Crippen MR) is 94.6 cm³/mol. The van der Waals surface area contributed by atoms with E-state index in [2.05, 4.69) is 13.8 Å². The molecule has 1 fully saturated rings. The van der Waals surface area contributed by atoms with E-state index in [1.165, 1.54) is 0 Å². The molecule has 0 N–H and O–H groups in total. The Morgan fingerprint density at radius 3 is 2.12 bits per heavy atom. The summed E-state index contributed by atoms with van der Waals surface area (Å²) in [5.41, 5.74) is -0.261. The molecule has 140 valence electrons. The lowest BCUT2D eigenvalue weighted by molar-refractivity contribution is -0.139. The maximum absolute atomic E-state index is 13.1. The van der Waals surface area contributed by atoms with Crippen LogP contribution in [-0.4, -0.2) is 30.9 Å². The van der Waals surface area contributed by atoms with Crippen LogP contribution in [0.15, 0.2) is 23.4 Å². The Labute approximate surface area is 150 Å². The van der Waals surface area contributed by atoms with Gasteiger partial charge in [-0.2, -0.15) is 0 Å². The number of carbonyl (C=O) groups is 2. The Morgan fingerprint density at radius 1 is 1.00 bits per heavy atom. The van der Waals surface area contributed by atoms with Crippen LogP contribution in [0.3, 0.4) is 0 Å². The second-order valence-electron chi connectivity index (χ2n) is 8.27. The molecule has 0 aromatic carbocycles. The van der Waals surface area contributed by atoms with Crippen molar-refractivity contribution in [1.82, 2.24) is 0 Å². The van der Waals surface area contributed by atoms with Gasteiger partial charge in [-0.1, -0.05) is 13.8 Å². The van der Waals surface area contributed by atoms with Crippen LogP contribution < -0.4 is 0 Å². The van der Waals surface area contributed by atoms with E-state index in [4.69, 9.17) is 14.2 Å². The van der Waals surface area contributed by atoms with Crippen LogP contribution in [0, 0.1) is 10.8 Å². The predicted octanol–water partition coefficient (Wildman–Crippen LogP) is 3.93. The number of Topliss-reactive ketones (excluding diaryl/α,β-unsaturated/α-hetero) is 2. The van der Waals surface area contributed by atoms with Crippen molar-refractivity contribution in [3.05, 3.63) is 23.4 Å². The number of allylic oxidation sites excluding steroid dienone is 2. The van der Waals surface area contributed by atoms with Crippen molar-refractivity contribution in [2.24, 2.45) is 10.8 Å². The van der Waals surface area contributed by atoms with Gasteiger partial charge in [0.1, 0.15) is 5.41 Å². The van der Waals surface area contributed by atoms with E-state index in [1.54, 1.807) is 13.4 Å². The van der Waals surface area contributed by atoms with Crippen LogP contribution in [0.4, 0.5) is 0 Å². The Bertz CT molecular complexity index is 624. The summed E-state index contributed by atoms with van der Waals surface area (Å²) < 4.78 is 17.0. The molecule has 0 amide bonds. The average molecular weight is 350 g/mol. The number of ketones is 2. The lowest BCUT2D eigenvalue weighted by Gasteiger charge is -2.42. The second kappa shape index (κ2) is 6.85. The largest absolute Gasteiger partial charge is 0.504 e. The first kappa shape index (κ1) is 19.5. The summed E-state index contributed by atoms with van der Waals surface area (Å²) >= 11 is 0. The van der Waals surface area contributed by atoms with E-state index < -0.39 is 17.0 Å². The van der Waals surface area contributed by atoms with Gasteiger partial charge in [0.05, 0.1) is 25.6 Å². The minimum Gasteiger partial charge on any atom is -0.504 e. The quantitative estimate of drug-likeness (QED) is 0.555. The summed E-state index contributed by atoms with van der Waals surface area (Å²) in [7, 11) is 1.56. The Morgan fingerprint density at radius 2 is 1.60 bits per heavy atom. The molecule has 5 nitrogen and oxygen atoms in total. The van der Waals surface area contributed by atoms with E-state index in [0.717, 1.165) is 12.0 Å². The van der Waals surface area contributed by atoms with Gasteiger partial charge in [0.25, 0.3) is 5.78 Å². The van der Waals surface area contributed by atoms with E-state index in [9.17, 15) is 9.59 Å². The van der Waals surface area contributed by atoms with Crippen molar-refractivity contribution in [3.63, 3.8) is 0 Å². The normalized spacial score (nSPS) is 27.8. The first-order valence-corrected chi connectivity index (χ1v) is 8.94. The molecular formula is C20H30O5.